The van der Waals surface area contributed by atoms with E-state index >= 15 is 0 Å². The van der Waals surface area contributed by atoms with Crippen LogP contribution in [0.2, 0.25) is 0 Å². The molecule has 0 fully saturated rings. The highest BCUT2D eigenvalue weighted by Gasteiger charge is 2.24. The second-order valence-corrected chi connectivity index (χ2v) is 8.97. The van der Waals surface area contributed by atoms with E-state index in [9.17, 15) is 14.9 Å². The predicted molar refractivity (Wildman–Crippen MR) is 131 cm³/mol. The number of thiazole rings is 1. The van der Waals surface area contributed by atoms with Gasteiger partial charge in [0.25, 0.3) is 0 Å². The molecule has 0 aliphatic carbocycles. The first-order valence-electron chi connectivity index (χ1n) is 10.5. The van der Waals surface area contributed by atoms with Crippen molar-refractivity contribution in [3.63, 3.8) is 0 Å². The van der Waals surface area contributed by atoms with Crippen molar-refractivity contribution in [1.29, 1.82) is 0 Å². The van der Waals surface area contributed by atoms with E-state index in [1.807, 2.05) is 39.0 Å². The summed E-state index contributed by atoms with van der Waals surface area (Å²) >= 11 is 1.38. The van der Waals surface area contributed by atoms with Gasteiger partial charge in [0.05, 0.1) is 27.3 Å². The molecule has 34 heavy (non-hydrogen) atoms. The van der Waals surface area contributed by atoms with Crippen LogP contribution in [0.1, 0.15) is 29.8 Å². The van der Waals surface area contributed by atoms with Gasteiger partial charge in [-0.25, -0.2) is 19.7 Å². The standard InChI is InChI=1S/C23H22N6O4S/c1-13(2)11-33-22(30)15-7-9-16(10-8-15)26-20-19(29(31)32)21(25-12-24-20)28-23-27-18-14(3)5-4-6-17(18)34-23/h4-10,12-13H,11H2,1-3H3,(H2,24,25,26,27,28). The molecule has 0 bridgehead atoms. The monoisotopic (exact) mass is 478 g/mol. The Hall–Kier alpha value is -4.12. The van der Waals surface area contributed by atoms with Gasteiger partial charge in [0, 0.05) is 5.69 Å². The van der Waals surface area contributed by atoms with Crippen LogP contribution in [-0.2, 0) is 4.74 Å². The SMILES string of the molecule is Cc1cccc2sc(Nc3ncnc(Nc4ccc(C(=O)OCC(C)C)cc4)c3[N+](=O)[O-])nc12. The molecule has 4 rings (SSSR count). The summed E-state index contributed by atoms with van der Waals surface area (Å²) in [6.07, 6.45) is 1.23. The van der Waals surface area contributed by atoms with Crippen LogP contribution in [0.5, 0.6) is 0 Å². The zero-order valence-corrected chi connectivity index (χ0v) is 19.5. The normalized spacial score (nSPS) is 10.9. The molecule has 0 spiro atoms. The lowest BCUT2D eigenvalue weighted by molar-refractivity contribution is -0.383. The first kappa shape index (κ1) is 23.1. The number of carbonyl (C=O) groups is 1. The van der Waals surface area contributed by atoms with Crippen LogP contribution in [0.4, 0.5) is 28.1 Å². The zero-order valence-electron chi connectivity index (χ0n) is 18.7. The predicted octanol–water partition coefficient (Wildman–Crippen LogP) is 5.60. The minimum Gasteiger partial charge on any atom is -0.462 e. The minimum absolute atomic E-state index is 0.00919. The summed E-state index contributed by atoms with van der Waals surface area (Å²) in [7, 11) is 0. The molecule has 0 amide bonds. The second-order valence-electron chi connectivity index (χ2n) is 7.94. The molecular weight excluding hydrogens is 456 g/mol. The van der Waals surface area contributed by atoms with Crippen LogP contribution < -0.4 is 10.6 Å². The van der Waals surface area contributed by atoms with Crippen LogP contribution in [0, 0.1) is 23.0 Å². The number of fused-ring (bicyclic) bond motifs is 1. The van der Waals surface area contributed by atoms with E-state index in [0.29, 0.717) is 23.0 Å². The summed E-state index contributed by atoms with van der Waals surface area (Å²) in [5.41, 5.74) is 2.43. The third-order valence-electron chi connectivity index (χ3n) is 4.78. The molecule has 0 aliphatic rings. The van der Waals surface area contributed by atoms with E-state index in [-0.39, 0.29) is 23.2 Å². The van der Waals surface area contributed by atoms with Crippen LogP contribution in [0.25, 0.3) is 10.2 Å². The molecule has 2 heterocycles. The molecule has 10 nitrogen and oxygen atoms in total. The fraction of sp³-hybridized carbons (Fsp3) is 0.217. The molecular formula is C23H22N6O4S. The molecule has 2 aromatic carbocycles. The summed E-state index contributed by atoms with van der Waals surface area (Å²) in [5, 5.41) is 18.3. The Kier molecular flexibility index (Phi) is 6.64. The molecule has 11 heteroatoms. The third kappa shape index (κ3) is 5.09. The van der Waals surface area contributed by atoms with Crippen molar-refractivity contribution in [2.45, 2.75) is 20.8 Å². The first-order chi connectivity index (χ1) is 16.3. The van der Waals surface area contributed by atoms with E-state index in [1.165, 1.54) is 17.7 Å². The zero-order chi connectivity index (χ0) is 24.2. The van der Waals surface area contributed by atoms with Gasteiger partial charge in [-0.15, -0.1) is 0 Å². The number of para-hydroxylation sites is 1. The van der Waals surface area contributed by atoms with Crippen LogP contribution in [-0.4, -0.2) is 32.5 Å². The highest BCUT2D eigenvalue weighted by molar-refractivity contribution is 7.22. The molecule has 174 valence electrons. The van der Waals surface area contributed by atoms with E-state index in [4.69, 9.17) is 4.74 Å². The number of nitrogens with zero attached hydrogens (tertiary/aromatic N) is 4. The number of esters is 1. The average molecular weight is 479 g/mol. The van der Waals surface area contributed by atoms with Crippen LogP contribution in [0.3, 0.4) is 0 Å². The highest BCUT2D eigenvalue weighted by Crippen LogP contribution is 2.35. The molecule has 0 saturated carbocycles. The fourth-order valence-electron chi connectivity index (χ4n) is 3.13. The largest absolute Gasteiger partial charge is 0.462 e. The quantitative estimate of drug-likeness (QED) is 0.188. The van der Waals surface area contributed by atoms with Crippen molar-refractivity contribution in [2.75, 3.05) is 17.2 Å². The number of aromatic nitrogens is 3. The molecule has 0 unspecified atom stereocenters. The van der Waals surface area contributed by atoms with Crippen molar-refractivity contribution >= 4 is 55.7 Å². The number of hydrogen-bond acceptors (Lipinski definition) is 10. The van der Waals surface area contributed by atoms with Gasteiger partial charge in [0.2, 0.25) is 11.6 Å². The number of benzene rings is 2. The lowest BCUT2D eigenvalue weighted by Crippen LogP contribution is -2.10. The van der Waals surface area contributed by atoms with Gasteiger partial charge >= 0.3 is 11.7 Å². The molecule has 2 aromatic heterocycles. The Morgan fingerprint density at radius 1 is 1.12 bits per heavy atom. The number of carbonyl (C=O) groups excluding carboxylic acids is 1. The Bertz CT molecular complexity index is 1350. The Morgan fingerprint density at radius 3 is 2.47 bits per heavy atom. The maximum atomic E-state index is 12.1. The van der Waals surface area contributed by atoms with Gasteiger partial charge in [0.15, 0.2) is 5.13 Å². The van der Waals surface area contributed by atoms with Crippen LogP contribution >= 0.6 is 11.3 Å². The van der Waals surface area contributed by atoms with Gasteiger partial charge in [-0.3, -0.25) is 10.1 Å². The summed E-state index contributed by atoms with van der Waals surface area (Å²) in [5.74, 6) is -0.161. The second kappa shape index (κ2) is 9.79. The molecule has 2 N–H and O–H groups in total. The summed E-state index contributed by atoms with van der Waals surface area (Å²) in [6, 6.07) is 12.2. The van der Waals surface area contributed by atoms with Gasteiger partial charge < -0.3 is 15.4 Å². The number of ether oxygens (including phenoxy) is 1. The smallest absolute Gasteiger partial charge is 0.353 e. The minimum atomic E-state index is -0.555. The number of nitrogens with one attached hydrogen (secondary N) is 2. The van der Waals surface area contributed by atoms with E-state index < -0.39 is 10.9 Å². The highest BCUT2D eigenvalue weighted by atomic mass is 32.1. The van der Waals surface area contributed by atoms with Crippen molar-refractivity contribution in [2.24, 2.45) is 5.92 Å². The molecule has 0 saturated heterocycles. The number of anilines is 4. The van der Waals surface area contributed by atoms with E-state index in [1.54, 1.807) is 24.3 Å². The summed E-state index contributed by atoms with van der Waals surface area (Å²) in [6.45, 7) is 6.19. The number of rotatable bonds is 8. The number of aryl methyl sites for hydroxylation is 1. The number of nitro groups is 1. The lowest BCUT2D eigenvalue weighted by atomic mass is 10.2. The fourth-order valence-corrected chi connectivity index (χ4v) is 4.07. The first-order valence-corrected chi connectivity index (χ1v) is 11.3. The van der Waals surface area contributed by atoms with Gasteiger partial charge in [0.1, 0.15) is 6.33 Å². The van der Waals surface area contributed by atoms with Crippen molar-refractivity contribution < 1.29 is 14.5 Å². The van der Waals surface area contributed by atoms with E-state index in [0.717, 1.165) is 15.8 Å². The molecule has 0 aliphatic heterocycles. The van der Waals surface area contributed by atoms with Gasteiger partial charge in [-0.2, -0.15) is 0 Å². The van der Waals surface area contributed by atoms with E-state index in [2.05, 4.69) is 25.6 Å². The van der Waals surface area contributed by atoms with Crippen LogP contribution in [0.15, 0.2) is 48.8 Å². The summed E-state index contributed by atoms with van der Waals surface area (Å²) in [4.78, 5) is 36.1. The molecule has 0 radical (unpaired) electrons. The van der Waals surface area contributed by atoms with Crippen molar-refractivity contribution in [1.82, 2.24) is 15.0 Å². The topological polar surface area (TPSA) is 132 Å². The molecule has 0 atom stereocenters. The van der Waals surface area contributed by atoms with Gasteiger partial charge in [-0.1, -0.05) is 37.3 Å². The Balaban J connectivity index is 1.57. The van der Waals surface area contributed by atoms with Crippen molar-refractivity contribution in [3.05, 3.63) is 70.0 Å². The Labute approximate surface area is 199 Å². The third-order valence-corrected chi connectivity index (χ3v) is 5.72. The number of hydrogen-bond donors (Lipinski definition) is 2. The maximum absolute atomic E-state index is 12.1. The maximum Gasteiger partial charge on any atom is 0.353 e. The summed E-state index contributed by atoms with van der Waals surface area (Å²) < 4.78 is 6.18. The van der Waals surface area contributed by atoms with Gasteiger partial charge in [-0.05, 0) is 48.7 Å². The van der Waals surface area contributed by atoms with Crippen molar-refractivity contribution in [3.8, 4) is 0 Å². The molecule has 4 aromatic rings. The average Bonchev–Trinajstić information content (AvgIpc) is 3.22. The Morgan fingerprint density at radius 2 is 1.82 bits per heavy atom. The lowest BCUT2D eigenvalue weighted by Gasteiger charge is -2.10.